The summed E-state index contributed by atoms with van der Waals surface area (Å²) in [6, 6.07) is 27.2. The van der Waals surface area contributed by atoms with Crippen molar-refractivity contribution in [2.24, 2.45) is 0 Å². The van der Waals surface area contributed by atoms with E-state index >= 15 is 0 Å². The molecule has 0 spiro atoms. The highest BCUT2D eigenvalue weighted by Crippen LogP contribution is 2.41. The molecule has 0 saturated carbocycles. The Balaban J connectivity index is 1.83. The van der Waals surface area contributed by atoms with Crippen LogP contribution in [0, 0.1) is 0 Å². The van der Waals surface area contributed by atoms with E-state index in [1.54, 1.807) is 13.8 Å². The summed E-state index contributed by atoms with van der Waals surface area (Å²) in [6.45, 7) is 3.59. The summed E-state index contributed by atoms with van der Waals surface area (Å²) >= 11 is 0. The third-order valence-electron chi connectivity index (χ3n) is 5.26. The molecule has 2 atom stereocenters. The summed E-state index contributed by atoms with van der Waals surface area (Å²) in [6.07, 6.45) is -1.61. The molecule has 5 heteroatoms. The molecule has 1 fully saturated rings. The van der Waals surface area contributed by atoms with Gasteiger partial charge in [-0.1, -0.05) is 91.0 Å². The smallest absolute Gasteiger partial charge is 0.412 e. The first-order chi connectivity index (χ1) is 15.1. The van der Waals surface area contributed by atoms with E-state index in [1.165, 1.54) is 4.90 Å². The first kappa shape index (κ1) is 20.7. The van der Waals surface area contributed by atoms with E-state index in [4.69, 9.17) is 9.47 Å². The summed E-state index contributed by atoms with van der Waals surface area (Å²) in [5, 5.41) is 0. The number of carbonyl (C=O) groups excluding carboxylic acids is 2. The average Bonchev–Trinajstić information content (AvgIpc) is 3.13. The zero-order chi connectivity index (χ0) is 21.8. The van der Waals surface area contributed by atoms with Crippen molar-refractivity contribution >= 4 is 12.1 Å². The fourth-order valence-electron chi connectivity index (χ4n) is 3.98. The molecule has 1 heterocycles. The normalized spacial score (nSPS) is 18.3. The quantitative estimate of drug-likeness (QED) is 0.514. The van der Waals surface area contributed by atoms with E-state index < -0.39 is 30.3 Å². The molecule has 1 aliphatic heterocycles. The predicted octanol–water partition coefficient (Wildman–Crippen LogP) is 5.29. The Morgan fingerprint density at radius 1 is 0.839 bits per heavy atom. The number of ether oxygens (including phenoxy) is 2. The number of amides is 1. The maximum Gasteiger partial charge on any atom is 0.412 e. The highest BCUT2D eigenvalue weighted by Gasteiger charge is 2.51. The van der Waals surface area contributed by atoms with Crippen molar-refractivity contribution in [1.29, 1.82) is 0 Å². The molecule has 3 aromatic rings. The average molecular weight is 415 g/mol. The van der Waals surface area contributed by atoms with E-state index in [-0.39, 0.29) is 6.10 Å². The molecule has 0 N–H and O–H groups in total. The highest BCUT2D eigenvalue weighted by molar-refractivity contribution is 5.86. The molecule has 5 nitrogen and oxygen atoms in total. The molecule has 4 rings (SSSR count). The molecule has 0 aromatic heterocycles. The van der Waals surface area contributed by atoms with Gasteiger partial charge >= 0.3 is 12.1 Å². The van der Waals surface area contributed by atoms with Crippen LogP contribution in [0.1, 0.15) is 42.7 Å². The third kappa shape index (κ3) is 4.31. The molecule has 0 bridgehead atoms. The lowest BCUT2D eigenvalue weighted by molar-refractivity contribution is -0.154. The van der Waals surface area contributed by atoms with Crippen molar-refractivity contribution in [1.82, 2.24) is 4.90 Å². The van der Waals surface area contributed by atoms with Gasteiger partial charge in [0.15, 0.2) is 12.1 Å². The van der Waals surface area contributed by atoms with Crippen LogP contribution >= 0.6 is 0 Å². The summed E-state index contributed by atoms with van der Waals surface area (Å²) in [4.78, 5) is 28.0. The standard InChI is InChI=1S/C26H25NO4/c1-18(2)30-25(28)23-24(21-16-10-5-11-17-21)31-26(29)27(23)22(19-12-6-3-7-13-19)20-14-8-4-9-15-20/h3-18,22-24H,1-2H3. The number of nitrogens with zero attached hydrogens (tertiary/aromatic N) is 1. The molecular weight excluding hydrogens is 390 g/mol. The number of carbonyl (C=O) groups is 2. The van der Waals surface area contributed by atoms with E-state index in [0.717, 1.165) is 16.7 Å². The first-order valence-electron chi connectivity index (χ1n) is 10.4. The molecule has 31 heavy (non-hydrogen) atoms. The van der Waals surface area contributed by atoms with Crippen molar-refractivity contribution in [3.8, 4) is 0 Å². The summed E-state index contributed by atoms with van der Waals surface area (Å²) in [5.41, 5.74) is 2.53. The zero-order valence-electron chi connectivity index (χ0n) is 17.5. The van der Waals surface area contributed by atoms with Gasteiger partial charge in [-0.2, -0.15) is 0 Å². The summed E-state index contributed by atoms with van der Waals surface area (Å²) in [7, 11) is 0. The van der Waals surface area contributed by atoms with E-state index in [9.17, 15) is 9.59 Å². The Kier molecular flexibility index (Phi) is 6.03. The molecule has 3 aromatic carbocycles. The van der Waals surface area contributed by atoms with Crippen molar-refractivity contribution in [3.63, 3.8) is 0 Å². The van der Waals surface area contributed by atoms with Crippen LogP contribution in [0.3, 0.4) is 0 Å². The van der Waals surface area contributed by atoms with Gasteiger partial charge in [0.25, 0.3) is 0 Å². The van der Waals surface area contributed by atoms with Gasteiger partial charge in [-0.15, -0.1) is 0 Å². The summed E-state index contributed by atoms with van der Waals surface area (Å²) in [5.74, 6) is -0.480. The minimum Gasteiger partial charge on any atom is -0.461 e. The molecule has 1 amide bonds. The Morgan fingerprint density at radius 2 is 1.32 bits per heavy atom. The maximum absolute atomic E-state index is 13.3. The fourth-order valence-corrected chi connectivity index (χ4v) is 3.98. The second-order valence-corrected chi connectivity index (χ2v) is 7.78. The number of hydrogen-bond donors (Lipinski definition) is 0. The van der Waals surface area contributed by atoms with E-state index in [2.05, 4.69) is 0 Å². The monoisotopic (exact) mass is 415 g/mol. The van der Waals surface area contributed by atoms with Gasteiger partial charge in [0.1, 0.15) is 0 Å². The second-order valence-electron chi connectivity index (χ2n) is 7.78. The Morgan fingerprint density at radius 3 is 1.81 bits per heavy atom. The molecule has 0 radical (unpaired) electrons. The summed E-state index contributed by atoms with van der Waals surface area (Å²) < 4.78 is 11.4. The van der Waals surface area contributed by atoms with Gasteiger partial charge in [-0.25, -0.2) is 9.59 Å². The van der Waals surface area contributed by atoms with E-state index in [0.29, 0.717) is 0 Å². The van der Waals surface area contributed by atoms with Gasteiger partial charge < -0.3 is 9.47 Å². The number of cyclic esters (lactones) is 1. The number of hydrogen-bond acceptors (Lipinski definition) is 4. The van der Waals surface area contributed by atoms with Crippen molar-refractivity contribution in [3.05, 3.63) is 108 Å². The predicted molar refractivity (Wildman–Crippen MR) is 117 cm³/mol. The largest absolute Gasteiger partial charge is 0.461 e. The van der Waals surface area contributed by atoms with Crippen LogP contribution in [0.4, 0.5) is 4.79 Å². The topological polar surface area (TPSA) is 55.8 Å². The SMILES string of the molecule is CC(C)OC(=O)C1C(c2ccccc2)OC(=O)N1C(c1ccccc1)c1ccccc1. The third-order valence-corrected chi connectivity index (χ3v) is 5.26. The highest BCUT2D eigenvalue weighted by atomic mass is 16.6. The first-order valence-corrected chi connectivity index (χ1v) is 10.4. The van der Waals surface area contributed by atoms with Gasteiger partial charge in [-0.3, -0.25) is 4.90 Å². The number of rotatable bonds is 6. The van der Waals surface area contributed by atoms with Crippen LogP contribution in [0.5, 0.6) is 0 Å². The lowest BCUT2D eigenvalue weighted by atomic mass is 9.94. The maximum atomic E-state index is 13.3. The zero-order valence-corrected chi connectivity index (χ0v) is 17.5. The molecule has 158 valence electrons. The van der Waals surface area contributed by atoms with E-state index in [1.807, 2.05) is 91.0 Å². The minimum absolute atomic E-state index is 0.312. The molecule has 1 aliphatic rings. The van der Waals surface area contributed by atoms with Crippen LogP contribution in [-0.2, 0) is 14.3 Å². The van der Waals surface area contributed by atoms with Crippen molar-refractivity contribution < 1.29 is 19.1 Å². The van der Waals surface area contributed by atoms with Crippen molar-refractivity contribution in [2.45, 2.75) is 38.1 Å². The fraction of sp³-hybridized carbons (Fsp3) is 0.231. The van der Waals surface area contributed by atoms with Gasteiger partial charge in [0, 0.05) is 0 Å². The van der Waals surface area contributed by atoms with Crippen molar-refractivity contribution in [2.75, 3.05) is 0 Å². The van der Waals surface area contributed by atoms with Crippen LogP contribution in [0.25, 0.3) is 0 Å². The van der Waals surface area contributed by atoms with Crippen LogP contribution < -0.4 is 0 Å². The van der Waals surface area contributed by atoms with Gasteiger partial charge in [0.05, 0.1) is 12.1 Å². The molecular formula is C26H25NO4. The second kappa shape index (κ2) is 9.04. The Bertz CT molecular complexity index is 982. The molecule has 2 unspecified atom stereocenters. The lowest BCUT2D eigenvalue weighted by Crippen LogP contribution is -2.44. The number of benzene rings is 3. The van der Waals surface area contributed by atoms with Crippen LogP contribution in [0.15, 0.2) is 91.0 Å². The van der Waals surface area contributed by atoms with Crippen LogP contribution in [-0.4, -0.2) is 29.1 Å². The minimum atomic E-state index is -0.914. The Labute approximate surface area is 182 Å². The Hall–Kier alpha value is -3.60. The van der Waals surface area contributed by atoms with Gasteiger partial charge in [0.2, 0.25) is 0 Å². The lowest BCUT2D eigenvalue weighted by Gasteiger charge is -2.32. The van der Waals surface area contributed by atoms with Crippen LogP contribution in [0.2, 0.25) is 0 Å². The molecule has 1 saturated heterocycles. The molecule has 0 aliphatic carbocycles. The van der Waals surface area contributed by atoms with Gasteiger partial charge in [-0.05, 0) is 30.5 Å². The number of esters is 1.